The van der Waals surface area contributed by atoms with Crippen LogP contribution in [-0.4, -0.2) is 44.6 Å². The number of rotatable bonds is 3. The molecule has 2 amide bonds. The minimum absolute atomic E-state index is 0.0229. The Morgan fingerprint density at radius 1 is 1.50 bits per heavy atom. The fraction of sp³-hybridized carbons (Fsp3) is 0.562. The Kier molecular flexibility index (Phi) is 4.00. The molecular weight excluding hydrogens is 278 g/mol. The van der Waals surface area contributed by atoms with Crippen LogP contribution in [0.4, 0.5) is 4.79 Å². The standard InChI is InChI=1S/C16H23N5O/c1-4-21-14(19-13-6-5-8-17-15(13)21)12-7-9-20(10-12)16(22)18-11(2)3/h5-6,8,11-12H,4,7,9-10H2,1-3H3,(H,18,22)/t12-/m1/s1. The number of fused-ring (bicyclic) bond motifs is 1. The number of urea groups is 1. The first kappa shape index (κ1) is 14.8. The highest BCUT2D eigenvalue weighted by molar-refractivity contribution is 5.75. The maximum atomic E-state index is 12.1. The Morgan fingerprint density at radius 3 is 3.05 bits per heavy atom. The Bertz CT molecular complexity index is 678. The first-order chi connectivity index (χ1) is 10.6. The monoisotopic (exact) mass is 301 g/mol. The van der Waals surface area contributed by atoms with Gasteiger partial charge in [-0.15, -0.1) is 0 Å². The molecule has 1 saturated heterocycles. The molecule has 118 valence electrons. The topological polar surface area (TPSA) is 63.1 Å². The van der Waals surface area contributed by atoms with E-state index in [4.69, 9.17) is 4.98 Å². The molecule has 22 heavy (non-hydrogen) atoms. The number of hydrogen-bond acceptors (Lipinski definition) is 3. The van der Waals surface area contributed by atoms with Crippen LogP contribution >= 0.6 is 0 Å². The van der Waals surface area contributed by atoms with Gasteiger partial charge in [0, 0.05) is 37.8 Å². The van der Waals surface area contributed by atoms with Gasteiger partial charge in [0.2, 0.25) is 0 Å². The molecular formula is C16H23N5O. The fourth-order valence-corrected chi connectivity index (χ4v) is 3.09. The molecule has 1 fully saturated rings. The van der Waals surface area contributed by atoms with Crippen molar-refractivity contribution >= 4 is 17.2 Å². The molecule has 3 rings (SSSR count). The third kappa shape index (κ3) is 2.65. The smallest absolute Gasteiger partial charge is 0.317 e. The lowest BCUT2D eigenvalue weighted by atomic mass is 10.1. The quantitative estimate of drug-likeness (QED) is 0.946. The molecule has 0 aliphatic carbocycles. The molecule has 1 aliphatic heterocycles. The summed E-state index contributed by atoms with van der Waals surface area (Å²) in [6, 6.07) is 4.09. The molecule has 1 atom stereocenters. The van der Waals surface area contributed by atoms with Gasteiger partial charge in [0.25, 0.3) is 0 Å². The molecule has 0 aromatic carbocycles. The summed E-state index contributed by atoms with van der Waals surface area (Å²) in [5.74, 6) is 1.34. The van der Waals surface area contributed by atoms with Crippen LogP contribution in [0.2, 0.25) is 0 Å². The van der Waals surface area contributed by atoms with Crippen molar-refractivity contribution in [3.63, 3.8) is 0 Å². The lowest BCUT2D eigenvalue weighted by Crippen LogP contribution is -2.41. The van der Waals surface area contributed by atoms with Gasteiger partial charge < -0.3 is 14.8 Å². The van der Waals surface area contributed by atoms with Gasteiger partial charge in [0.15, 0.2) is 5.65 Å². The molecule has 0 spiro atoms. The van der Waals surface area contributed by atoms with Crippen molar-refractivity contribution in [3.05, 3.63) is 24.2 Å². The highest BCUT2D eigenvalue weighted by Gasteiger charge is 2.31. The third-order valence-electron chi connectivity index (χ3n) is 4.10. The molecule has 2 aromatic heterocycles. The van der Waals surface area contributed by atoms with Crippen molar-refractivity contribution in [1.82, 2.24) is 24.8 Å². The number of likely N-dealkylation sites (tertiary alicyclic amines) is 1. The molecule has 1 aliphatic rings. The Hall–Kier alpha value is -2.11. The van der Waals surface area contributed by atoms with Crippen LogP contribution < -0.4 is 5.32 Å². The summed E-state index contributed by atoms with van der Waals surface area (Å²) in [5.41, 5.74) is 1.87. The molecule has 0 radical (unpaired) electrons. The number of aromatic nitrogens is 3. The summed E-state index contributed by atoms with van der Waals surface area (Å²) >= 11 is 0. The first-order valence-electron chi connectivity index (χ1n) is 7.96. The van der Waals surface area contributed by atoms with Crippen LogP contribution in [-0.2, 0) is 6.54 Å². The van der Waals surface area contributed by atoms with E-state index in [9.17, 15) is 4.79 Å². The second kappa shape index (κ2) is 5.94. The van der Waals surface area contributed by atoms with E-state index in [1.54, 1.807) is 6.20 Å². The van der Waals surface area contributed by atoms with Gasteiger partial charge in [-0.2, -0.15) is 0 Å². The van der Waals surface area contributed by atoms with Gasteiger partial charge in [0.1, 0.15) is 11.3 Å². The Morgan fingerprint density at radius 2 is 2.32 bits per heavy atom. The fourth-order valence-electron chi connectivity index (χ4n) is 3.09. The molecule has 3 heterocycles. The molecule has 2 aromatic rings. The van der Waals surface area contributed by atoms with Crippen LogP contribution in [0, 0.1) is 0 Å². The highest BCUT2D eigenvalue weighted by Crippen LogP contribution is 2.28. The maximum Gasteiger partial charge on any atom is 0.317 e. The lowest BCUT2D eigenvalue weighted by Gasteiger charge is -2.19. The molecule has 0 saturated carbocycles. The summed E-state index contributed by atoms with van der Waals surface area (Å²) in [6.45, 7) is 8.42. The molecule has 0 bridgehead atoms. The van der Waals surface area contributed by atoms with Crippen molar-refractivity contribution in [2.45, 2.75) is 45.7 Å². The highest BCUT2D eigenvalue weighted by atomic mass is 16.2. The molecule has 1 N–H and O–H groups in total. The van der Waals surface area contributed by atoms with Crippen LogP contribution in [0.1, 0.15) is 38.9 Å². The first-order valence-corrected chi connectivity index (χ1v) is 7.96. The van der Waals surface area contributed by atoms with E-state index in [2.05, 4.69) is 21.8 Å². The Labute approximate surface area is 130 Å². The summed E-state index contributed by atoms with van der Waals surface area (Å²) in [6.07, 6.45) is 2.76. The van der Waals surface area contributed by atoms with Gasteiger partial charge in [-0.3, -0.25) is 0 Å². The SMILES string of the molecule is CCn1c([C@@H]2CCN(C(=O)NC(C)C)C2)nc2cccnc21. The normalized spacial score (nSPS) is 18.4. The number of aryl methyl sites for hydroxylation is 1. The van der Waals surface area contributed by atoms with Crippen molar-refractivity contribution in [2.75, 3.05) is 13.1 Å². The van der Waals surface area contributed by atoms with E-state index in [0.29, 0.717) is 0 Å². The second-order valence-electron chi connectivity index (χ2n) is 6.10. The minimum atomic E-state index is 0.0229. The van der Waals surface area contributed by atoms with Crippen molar-refractivity contribution in [3.8, 4) is 0 Å². The maximum absolute atomic E-state index is 12.1. The second-order valence-corrected chi connectivity index (χ2v) is 6.10. The van der Waals surface area contributed by atoms with E-state index in [1.807, 2.05) is 30.9 Å². The number of carbonyl (C=O) groups is 1. The zero-order valence-corrected chi connectivity index (χ0v) is 13.4. The van der Waals surface area contributed by atoms with Crippen LogP contribution in [0.5, 0.6) is 0 Å². The average Bonchev–Trinajstić information content (AvgIpc) is 3.10. The predicted molar refractivity (Wildman–Crippen MR) is 85.8 cm³/mol. The summed E-state index contributed by atoms with van der Waals surface area (Å²) < 4.78 is 2.17. The van der Waals surface area contributed by atoms with E-state index >= 15 is 0 Å². The summed E-state index contributed by atoms with van der Waals surface area (Å²) in [5, 5.41) is 2.96. The molecule has 6 heteroatoms. The third-order valence-corrected chi connectivity index (χ3v) is 4.10. The van der Waals surface area contributed by atoms with Gasteiger partial charge in [0.05, 0.1) is 0 Å². The number of imidazole rings is 1. The summed E-state index contributed by atoms with van der Waals surface area (Å²) in [7, 11) is 0. The van der Waals surface area contributed by atoms with E-state index in [0.717, 1.165) is 43.0 Å². The van der Waals surface area contributed by atoms with Gasteiger partial charge in [-0.25, -0.2) is 14.8 Å². The molecule has 0 unspecified atom stereocenters. The van der Waals surface area contributed by atoms with Gasteiger partial charge >= 0.3 is 6.03 Å². The Balaban J connectivity index is 1.82. The summed E-state index contributed by atoms with van der Waals surface area (Å²) in [4.78, 5) is 23.2. The zero-order chi connectivity index (χ0) is 15.7. The van der Waals surface area contributed by atoms with Crippen LogP contribution in [0.25, 0.3) is 11.2 Å². The predicted octanol–water partition coefficient (Wildman–Crippen LogP) is 2.36. The van der Waals surface area contributed by atoms with Crippen molar-refractivity contribution in [1.29, 1.82) is 0 Å². The number of pyridine rings is 1. The van der Waals surface area contributed by atoms with Crippen LogP contribution in [0.3, 0.4) is 0 Å². The number of nitrogens with zero attached hydrogens (tertiary/aromatic N) is 4. The van der Waals surface area contributed by atoms with E-state index in [-0.39, 0.29) is 18.0 Å². The number of amides is 2. The molecule has 6 nitrogen and oxygen atoms in total. The lowest BCUT2D eigenvalue weighted by molar-refractivity contribution is 0.205. The van der Waals surface area contributed by atoms with Crippen molar-refractivity contribution < 1.29 is 4.79 Å². The van der Waals surface area contributed by atoms with Gasteiger partial charge in [-0.1, -0.05) is 0 Å². The number of nitrogens with one attached hydrogen (secondary N) is 1. The average molecular weight is 301 g/mol. The number of carbonyl (C=O) groups excluding carboxylic acids is 1. The number of hydrogen-bond donors (Lipinski definition) is 1. The zero-order valence-electron chi connectivity index (χ0n) is 13.4. The largest absolute Gasteiger partial charge is 0.336 e. The van der Waals surface area contributed by atoms with E-state index < -0.39 is 0 Å². The van der Waals surface area contributed by atoms with Gasteiger partial charge in [-0.05, 0) is 39.3 Å². The van der Waals surface area contributed by atoms with Crippen LogP contribution in [0.15, 0.2) is 18.3 Å². The minimum Gasteiger partial charge on any atom is -0.336 e. The van der Waals surface area contributed by atoms with E-state index in [1.165, 1.54) is 0 Å². The van der Waals surface area contributed by atoms with Crippen molar-refractivity contribution in [2.24, 2.45) is 0 Å².